The van der Waals surface area contributed by atoms with Crippen LogP contribution in [0.3, 0.4) is 0 Å². The summed E-state index contributed by atoms with van der Waals surface area (Å²) in [5.74, 6) is 0.954. The maximum absolute atomic E-state index is 6.22. The van der Waals surface area contributed by atoms with Gasteiger partial charge in [0.1, 0.15) is 5.76 Å². The lowest BCUT2D eigenvalue weighted by Gasteiger charge is -2.21. The fourth-order valence-electron chi connectivity index (χ4n) is 2.07. The van der Waals surface area contributed by atoms with Gasteiger partial charge in [0.05, 0.1) is 12.1 Å². The highest BCUT2D eigenvalue weighted by molar-refractivity contribution is 6.32. The summed E-state index contributed by atoms with van der Waals surface area (Å²) in [5.41, 5.74) is 2.71. The van der Waals surface area contributed by atoms with Gasteiger partial charge in [-0.05, 0) is 18.4 Å². The predicted molar refractivity (Wildman–Crippen MR) is 53.4 cm³/mol. The van der Waals surface area contributed by atoms with E-state index in [2.05, 4.69) is 11.9 Å². The molecule has 2 aliphatic rings. The minimum atomic E-state index is 0.855. The Morgan fingerprint density at radius 2 is 2.08 bits per heavy atom. The number of halogens is 1. The predicted octanol–water partition coefficient (Wildman–Crippen LogP) is 2.47. The number of allylic oxidation sites excluding steroid dienone is 3. The van der Waals surface area contributed by atoms with Crippen LogP contribution in [0.15, 0.2) is 22.1 Å². The van der Waals surface area contributed by atoms with Gasteiger partial charge in [-0.25, -0.2) is 0 Å². The van der Waals surface area contributed by atoms with E-state index in [0.717, 1.165) is 36.6 Å². The van der Waals surface area contributed by atoms with E-state index in [1.807, 2.05) is 0 Å². The fraction of sp³-hybridized carbons (Fsp3) is 0.600. The van der Waals surface area contributed by atoms with Crippen molar-refractivity contribution in [2.75, 3.05) is 20.7 Å². The van der Waals surface area contributed by atoms with Crippen molar-refractivity contribution in [2.24, 2.45) is 0 Å². The van der Waals surface area contributed by atoms with Crippen molar-refractivity contribution in [3.8, 4) is 0 Å². The van der Waals surface area contributed by atoms with Crippen LogP contribution >= 0.6 is 11.6 Å². The lowest BCUT2D eigenvalue weighted by molar-refractivity contribution is 0.270. The molecule has 2 nitrogen and oxygen atoms in total. The Kier molecular flexibility index (Phi) is 2.24. The molecule has 0 saturated heterocycles. The van der Waals surface area contributed by atoms with Crippen molar-refractivity contribution in [1.82, 2.24) is 4.90 Å². The zero-order valence-corrected chi connectivity index (χ0v) is 8.82. The smallest absolute Gasteiger partial charge is 0.115 e. The molecule has 0 atom stereocenters. The van der Waals surface area contributed by atoms with Gasteiger partial charge in [-0.1, -0.05) is 11.6 Å². The lowest BCUT2D eigenvalue weighted by atomic mass is 10.0. The minimum absolute atomic E-state index is 0.855. The van der Waals surface area contributed by atoms with Crippen LogP contribution in [0.4, 0.5) is 0 Å². The number of rotatable bonds is 1. The van der Waals surface area contributed by atoms with Gasteiger partial charge in [-0.2, -0.15) is 0 Å². The Hall–Kier alpha value is -0.630. The van der Waals surface area contributed by atoms with Crippen LogP contribution in [-0.4, -0.2) is 25.6 Å². The standard InChI is InChI=1S/C10H14ClNO/c1-12-6-5-7-8(12)3-4-9(13-2)10(7)11/h3-6H2,1-2H3. The van der Waals surface area contributed by atoms with Crippen LogP contribution in [-0.2, 0) is 4.74 Å². The Morgan fingerprint density at radius 3 is 2.77 bits per heavy atom. The molecule has 3 heteroatoms. The first-order chi connectivity index (χ1) is 6.24. The Morgan fingerprint density at radius 1 is 1.31 bits per heavy atom. The van der Waals surface area contributed by atoms with Crippen molar-refractivity contribution in [2.45, 2.75) is 19.3 Å². The van der Waals surface area contributed by atoms with E-state index in [1.165, 1.54) is 11.3 Å². The van der Waals surface area contributed by atoms with Gasteiger partial charge in [-0.3, -0.25) is 0 Å². The molecule has 0 aromatic rings. The monoisotopic (exact) mass is 199 g/mol. The van der Waals surface area contributed by atoms with E-state index in [1.54, 1.807) is 7.11 Å². The van der Waals surface area contributed by atoms with Gasteiger partial charge in [0.25, 0.3) is 0 Å². The number of methoxy groups -OCH3 is 1. The van der Waals surface area contributed by atoms with Crippen LogP contribution in [0.2, 0.25) is 0 Å². The molecule has 0 unspecified atom stereocenters. The largest absolute Gasteiger partial charge is 0.500 e. The Bertz CT molecular complexity index is 293. The molecular weight excluding hydrogens is 186 g/mol. The molecular formula is C10H14ClNO. The summed E-state index contributed by atoms with van der Waals surface area (Å²) < 4.78 is 5.24. The summed E-state index contributed by atoms with van der Waals surface area (Å²) >= 11 is 6.22. The third kappa shape index (κ3) is 1.33. The van der Waals surface area contributed by atoms with Crippen molar-refractivity contribution in [3.63, 3.8) is 0 Å². The molecule has 1 aliphatic heterocycles. The molecule has 1 aliphatic carbocycles. The molecule has 13 heavy (non-hydrogen) atoms. The quantitative estimate of drug-likeness (QED) is 0.644. The average molecular weight is 200 g/mol. The molecule has 0 fully saturated rings. The van der Waals surface area contributed by atoms with Crippen LogP contribution in [0, 0.1) is 0 Å². The van der Waals surface area contributed by atoms with E-state index < -0.39 is 0 Å². The zero-order valence-electron chi connectivity index (χ0n) is 8.06. The minimum Gasteiger partial charge on any atom is -0.500 e. The first-order valence-electron chi connectivity index (χ1n) is 4.60. The molecule has 1 heterocycles. The summed E-state index contributed by atoms with van der Waals surface area (Å²) in [7, 11) is 3.83. The van der Waals surface area contributed by atoms with Crippen LogP contribution in [0.25, 0.3) is 0 Å². The molecule has 0 saturated carbocycles. The van der Waals surface area contributed by atoms with E-state index in [4.69, 9.17) is 16.3 Å². The first-order valence-corrected chi connectivity index (χ1v) is 4.98. The van der Waals surface area contributed by atoms with Crippen molar-refractivity contribution >= 4 is 11.6 Å². The number of hydrogen-bond acceptors (Lipinski definition) is 2. The molecule has 0 spiro atoms. The third-order valence-corrected chi connectivity index (χ3v) is 3.29. The molecule has 0 N–H and O–H groups in total. The Balaban J connectivity index is 2.36. The van der Waals surface area contributed by atoms with Gasteiger partial charge in [0.15, 0.2) is 0 Å². The van der Waals surface area contributed by atoms with Gasteiger partial charge in [0, 0.05) is 25.7 Å². The molecule has 0 radical (unpaired) electrons. The van der Waals surface area contributed by atoms with Crippen molar-refractivity contribution < 1.29 is 4.74 Å². The van der Waals surface area contributed by atoms with Crippen LogP contribution in [0.5, 0.6) is 0 Å². The second-order valence-corrected chi connectivity index (χ2v) is 3.92. The topological polar surface area (TPSA) is 12.5 Å². The highest BCUT2D eigenvalue weighted by atomic mass is 35.5. The average Bonchev–Trinajstić information content (AvgIpc) is 2.50. The zero-order chi connectivity index (χ0) is 9.42. The number of hydrogen-bond donors (Lipinski definition) is 0. The van der Waals surface area contributed by atoms with Gasteiger partial charge < -0.3 is 9.64 Å². The molecule has 0 aromatic carbocycles. The number of ether oxygens (including phenoxy) is 1. The second-order valence-electron chi connectivity index (χ2n) is 3.54. The molecule has 0 bridgehead atoms. The lowest BCUT2D eigenvalue weighted by Crippen LogP contribution is -2.14. The SMILES string of the molecule is COC1=C(Cl)C2=C(CC1)N(C)CC2. The molecule has 72 valence electrons. The maximum atomic E-state index is 6.22. The summed E-state index contributed by atoms with van der Waals surface area (Å²) in [6.45, 7) is 1.10. The van der Waals surface area contributed by atoms with E-state index in [-0.39, 0.29) is 0 Å². The fourth-order valence-corrected chi connectivity index (χ4v) is 2.44. The van der Waals surface area contributed by atoms with E-state index >= 15 is 0 Å². The van der Waals surface area contributed by atoms with Gasteiger partial charge in [0.2, 0.25) is 0 Å². The van der Waals surface area contributed by atoms with Gasteiger partial charge in [-0.15, -0.1) is 0 Å². The molecule has 0 aromatic heterocycles. The highest BCUT2D eigenvalue weighted by Gasteiger charge is 2.27. The van der Waals surface area contributed by atoms with Crippen molar-refractivity contribution in [1.29, 1.82) is 0 Å². The van der Waals surface area contributed by atoms with Crippen LogP contribution in [0.1, 0.15) is 19.3 Å². The molecule has 0 amide bonds. The van der Waals surface area contributed by atoms with E-state index in [9.17, 15) is 0 Å². The summed E-state index contributed by atoms with van der Waals surface area (Å²) in [4.78, 5) is 2.30. The summed E-state index contributed by atoms with van der Waals surface area (Å²) in [6, 6.07) is 0. The van der Waals surface area contributed by atoms with E-state index in [0.29, 0.717) is 0 Å². The van der Waals surface area contributed by atoms with Crippen molar-refractivity contribution in [3.05, 3.63) is 22.1 Å². The summed E-state index contributed by atoms with van der Waals surface area (Å²) in [5, 5.41) is 0.855. The number of nitrogens with zero attached hydrogens (tertiary/aromatic N) is 1. The maximum Gasteiger partial charge on any atom is 0.115 e. The third-order valence-electron chi connectivity index (χ3n) is 2.85. The normalized spacial score (nSPS) is 22.5. The molecule has 2 rings (SSSR count). The second kappa shape index (κ2) is 3.26. The van der Waals surface area contributed by atoms with Gasteiger partial charge >= 0.3 is 0 Å². The Labute approximate surface area is 83.8 Å². The summed E-state index contributed by atoms with van der Waals surface area (Å²) in [6.07, 6.45) is 3.08. The first kappa shape index (κ1) is 8.95. The van der Waals surface area contributed by atoms with Crippen LogP contribution < -0.4 is 0 Å². The highest BCUT2D eigenvalue weighted by Crippen LogP contribution is 2.39.